The highest BCUT2D eigenvalue weighted by atomic mass is 35.5. The van der Waals surface area contributed by atoms with Gasteiger partial charge in [0.25, 0.3) is 5.24 Å². The molecule has 4 heteroatoms. The summed E-state index contributed by atoms with van der Waals surface area (Å²) in [6.07, 6.45) is -0.625. The minimum Gasteiger partial charge on any atom is -0.403 e. The molecule has 82 valence electrons. The summed E-state index contributed by atoms with van der Waals surface area (Å²) in [5.74, 6) is 0. The first-order valence-electron chi connectivity index (χ1n) is 4.82. The predicted octanol–water partition coefficient (Wildman–Crippen LogP) is 3.34. The molecule has 1 rings (SSSR count). The van der Waals surface area contributed by atoms with E-state index in [1.807, 2.05) is 50.0 Å². The third kappa shape index (κ3) is 4.16. The second kappa shape index (κ2) is 4.92. The molecule has 0 N–H and O–H groups in total. The van der Waals surface area contributed by atoms with Crippen molar-refractivity contribution >= 4 is 25.2 Å². The third-order valence-electron chi connectivity index (χ3n) is 1.78. The van der Waals surface area contributed by atoms with Crippen molar-refractivity contribution in [3.8, 4) is 0 Å². The zero-order chi connectivity index (χ0) is 11.5. The highest BCUT2D eigenvalue weighted by Crippen LogP contribution is 2.24. The lowest BCUT2D eigenvalue weighted by Gasteiger charge is -2.23. The van der Waals surface area contributed by atoms with Crippen LogP contribution in [0.15, 0.2) is 30.3 Å². The van der Waals surface area contributed by atoms with Gasteiger partial charge in [-0.3, -0.25) is 4.79 Å². The molecular weight excluding hydrogens is 228 g/mol. The van der Waals surface area contributed by atoms with Crippen LogP contribution in [0.3, 0.4) is 0 Å². The zero-order valence-corrected chi connectivity index (χ0v) is 10.9. The van der Waals surface area contributed by atoms with Crippen LogP contribution >= 0.6 is 11.6 Å². The maximum atomic E-state index is 11.3. The van der Waals surface area contributed by atoms with Crippen molar-refractivity contribution < 1.29 is 9.22 Å². The van der Waals surface area contributed by atoms with Gasteiger partial charge in [0.05, 0.1) is 0 Å². The molecule has 1 aromatic rings. The Kier molecular flexibility index (Phi) is 4.08. The largest absolute Gasteiger partial charge is 0.403 e. The monoisotopic (exact) mass is 242 g/mol. The fourth-order valence-electron chi connectivity index (χ4n) is 1.23. The lowest BCUT2D eigenvalue weighted by Crippen LogP contribution is -2.30. The molecule has 0 saturated heterocycles. The molecule has 0 spiro atoms. The minimum atomic E-state index is -1.77. The second-order valence-corrected chi connectivity index (χ2v) is 9.16. The molecule has 0 fully saturated rings. The molecule has 1 aromatic carbocycles. The first kappa shape index (κ1) is 12.4. The van der Waals surface area contributed by atoms with Gasteiger partial charge >= 0.3 is 0 Å². The van der Waals surface area contributed by atoms with Crippen LogP contribution in [-0.2, 0) is 9.22 Å². The van der Waals surface area contributed by atoms with E-state index < -0.39 is 19.7 Å². The Bertz CT molecular complexity index is 332. The van der Waals surface area contributed by atoms with Gasteiger partial charge in [-0.2, -0.15) is 0 Å². The van der Waals surface area contributed by atoms with Crippen molar-refractivity contribution in [2.75, 3.05) is 0 Å². The van der Waals surface area contributed by atoms with E-state index in [9.17, 15) is 4.79 Å². The van der Waals surface area contributed by atoms with Crippen LogP contribution in [0.4, 0.5) is 0 Å². The van der Waals surface area contributed by atoms with Crippen LogP contribution in [0.25, 0.3) is 0 Å². The quantitative estimate of drug-likeness (QED) is 0.598. The molecule has 1 atom stereocenters. The molecule has 0 aromatic heterocycles. The van der Waals surface area contributed by atoms with E-state index in [0.717, 1.165) is 5.56 Å². The Hall–Kier alpha value is -0.643. The van der Waals surface area contributed by atoms with Crippen LogP contribution in [0.2, 0.25) is 19.6 Å². The van der Waals surface area contributed by atoms with E-state index in [1.54, 1.807) is 0 Å². The van der Waals surface area contributed by atoms with Crippen molar-refractivity contribution in [2.24, 2.45) is 0 Å². The lowest BCUT2D eigenvalue weighted by molar-refractivity contribution is -0.118. The third-order valence-corrected chi connectivity index (χ3v) is 2.92. The summed E-state index contributed by atoms with van der Waals surface area (Å²) in [7, 11) is -1.77. The van der Waals surface area contributed by atoms with E-state index >= 15 is 0 Å². The Labute approximate surface area is 96.3 Å². The summed E-state index contributed by atoms with van der Waals surface area (Å²) in [6, 6.07) is 9.34. The van der Waals surface area contributed by atoms with Gasteiger partial charge in [0, 0.05) is 0 Å². The first-order chi connectivity index (χ1) is 6.90. The number of carbonyl (C=O) groups is 1. The standard InChI is InChI=1S/C11H15ClO2Si/c1-15(2,3)14-10(11(12)13)9-7-5-4-6-8-9/h4-8,10H,1-3H3. The van der Waals surface area contributed by atoms with Crippen molar-refractivity contribution in [2.45, 2.75) is 25.7 Å². The van der Waals surface area contributed by atoms with Crippen LogP contribution in [0.1, 0.15) is 11.7 Å². The van der Waals surface area contributed by atoms with Gasteiger partial charge in [0.1, 0.15) is 6.10 Å². The van der Waals surface area contributed by atoms with E-state index in [1.165, 1.54) is 0 Å². The van der Waals surface area contributed by atoms with Crippen molar-refractivity contribution in [1.29, 1.82) is 0 Å². The van der Waals surface area contributed by atoms with E-state index in [4.69, 9.17) is 16.0 Å². The van der Waals surface area contributed by atoms with Crippen LogP contribution in [-0.4, -0.2) is 13.6 Å². The highest BCUT2D eigenvalue weighted by molar-refractivity contribution is 6.71. The van der Waals surface area contributed by atoms with Crippen molar-refractivity contribution in [1.82, 2.24) is 0 Å². The average molecular weight is 243 g/mol. The molecule has 0 saturated carbocycles. The number of rotatable bonds is 4. The Morgan fingerprint density at radius 1 is 1.27 bits per heavy atom. The normalized spacial score (nSPS) is 13.6. The smallest absolute Gasteiger partial charge is 0.253 e. The molecule has 2 nitrogen and oxygen atoms in total. The second-order valence-electron chi connectivity index (χ2n) is 4.33. The van der Waals surface area contributed by atoms with Crippen LogP contribution < -0.4 is 0 Å². The molecule has 0 amide bonds. The molecule has 0 aliphatic rings. The average Bonchev–Trinajstić information content (AvgIpc) is 2.14. The summed E-state index contributed by atoms with van der Waals surface area (Å²) in [4.78, 5) is 11.3. The van der Waals surface area contributed by atoms with Gasteiger partial charge in [-0.25, -0.2) is 0 Å². The Balaban J connectivity index is 2.90. The molecule has 1 unspecified atom stereocenters. The van der Waals surface area contributed by atoms with Gasteiger partial charge in [-0.05, 0) is 36.8 Å². The summed E-state index contributed by atoms with van der Waals surface area (Å²) in [5, 5.41) is -0.455. The summed E-state index contributed by atoms with van der Waals surface area (Å²) < 4.78 is 5.74. The molecule has 0 bridgehead atoms. The van der Waals surface area contributed by atoms with E-state index in [-0.39, 0.29) is 0 Å². The number of halogens is 1. The van der Waals surface area contributed by atoms with Crippen molar-refractivity contribution in [3.05, 3.63) is 35.9 Å². The van der Waals surface area contributed by atoms with Gasteiger partial charge in [0.2, 0.25) is 0 Å². The molecule has 0 heterocycles. The summed E-state index contributed by atoms with van der Waals surface area (Å²) in [6.45, 7) is 6.09. The van der Waals surface area contributed by atoms with Gasteiger partial charge in [-0.15, -0.1) is 0 Å². The lowest BCUT2D eigenvalue weighted by atomic mass is 10.1. The van der Waals surface area contributed by atoms with Gasteiger partial charge in [0.15, 0.2) is 8.32 Å². The Morgan fingerprint density at radius 2 is 1.80 bits per heavy atom. The number of benzene rings is 1. The first-order valence-corrected chi connectivity index (χ1v) is 8.61. The zero-order valence-electron chi connectivity index (χ0n) is 9.16. The molecule has 0 aliphatic heterocycles. The SMILES string of the molecule is C[Si](C)(C)OC(C(=O)Cl)c1ccccc1. The number of hydrogen-bond donors (Lipinski definition) is 0. The van der Waals surface area contributed by atoms with Gasteiger partial charge in [-0.1, -0.05) is 30.3 Å². The van der Waals surface area contributed by atoms with Crippen LogP contribution in [0.5, 0.6) is 0 Å². The maximum absolute atomic E-state index is 11.3. The number of hydrogen-bond acceptors (Lipinski definition) is 2. The summed E-state index contributed by atoms with van der Waals surface area (Å²) >= 11 is 5.54. The topological polar surface area (TPSA) is 26.3 Å². The molecule has 0 aliphatic carbocycles. The minimum absolute atomic E-state index is 0.455. The summed E-state index contributed by atoms with van der Waals surface area (Å²) in [5.41, 5.74) is 0.819. The fourth-order valence-corrected chi connectivity index (χ4v) is 2.42. The fraction of sp³-hybridized carbons (Fsp3) is 0.364. The maximum Gasteiger partial charge on any atom is 0.253 e. The molecular formula is C11H15ClO2Si. The van der Waals surface area contributed by atoms with E-state index in [0.29, 0.717) is 0 Å². The van der Waals surface area contributed by atoms with Crippen LogP contribution in [0, 0.1) is 0 Å². The molecule has 0 radical (unpaired) electrons. The highest BCUT2D eigenvalue weighted by Gasteiger charge is 2.26. The Morgan fingerprint density at radius 3 is 2.20 bits per heavy atom. The molecule has 15 heavy (non-hydrogen) atoms. The number of carbonyl (C=O) groups excluding carboxylic acids is 1. The van der Waals surface area contributed by atoms with Gasteiger partial charge < -0.3 is 4.43 Å². The van der Waals surface area contributed by atoms with E-state index in [2.05, 4.69) is 0 Å². The predicted molar refractivity (Wildman–Crippen MR) is 64.5 cm³/mol. The van der Waals surface area contributed by atoms with Crippen molar-refractivity contribution in [3.63, 3.8) is 0 Å².